The minimum Gasteiger partial charge on any atom is -0.307 e. The van der Waals surface area contributed by atoms with Crippen molar-refractivity contribution in [3.05, 3.63) is 12.7 Å². The molecule has 0 amide bonds. The summed E-state index contributed by atoms with van der Waals surface area (Å²) in [5, 5.41) is 3.08. The Balaban J connectivity index is 2.23. The second-order valence-electron chi connectivity index (χ2n) is 4.07. The molecule has 2 nitrogen and oxygen atoms in total. The van der Waals surface area contributed by atoms with Crippen LogP contribution in [0.4, 0.5) is 0 Å². The van der Waals surface area contributed by atoms with Crippen molar-refractivity contribution in [1.82, 2.24) is 5.32 Å². The predicted molar refractivity (Wildman–Crippen MR) is 59.3 cm³/mol. The van der Waals surface area contributed by atoms with Crippen LogP contribution in [0.1, 0.15) is 38.5 Å². The summed E-state index contributed by atoms with van der Waals surface area (Å²) in [6.45, 7) is 4.87. The quantitative estimate of drug-likeness (QED) is 0.414. The van der Waals surface area contributed by atoms with Crippen molar-refractivity contribution in [2.45, 2.75) is 38.5 Å². The lowest BCUT2D eigenvalue weighted by Crippen LogP contribution is -2.28. The highest BCUT2D eigenvalue weighted by atomic mass is 16.1. The van der Waals surface area contributed by atoms with Crippen LogP contribution in [0.15, 0.2) is 12.7 Å². The van der Waals surface area contributed by atoms with E-state index in [4.69, 9.17) is 0 Å². The van der Waals surface area contributed by atoms with E-state index in [1.165, 1.54) is 25.7 Å². The molecular weight excluding hydrogens is 174 g/mol. The van der Waals surface area contributed by atoms with Crippen molar-refractivity contribution in [2.75, 3.05) is 13.1 Å². The minimum atomic E-state index is 0.329. The molecule has 0 aliphatic heterocycles. The molecule has 0 saturated heterocycles. The molecule has 1 rings (SSSR count). The van der Waals surface area contributed by atoms with Gasteiger partial charge in [0.1, 0.15) is 5.78 Å². The van der Waals surface area contributed by atoms with Gasteiger partial charge in [0, 0.05) is 12.5 Å². The van der Waals surface area contributed by atoms with E-state index >= 15 is 0 Å². The van der Waals surface area contributed by atoms with Gasteiger partial charge in [0.25, 0.3) is 0 Å². The summed E-state index contributed by atoms with van der Waals surface area (Å²) >= 11 is 0. The fraction of sp³-hybridized carbons (Fsp3) is 0.750. The Bertz CT molecular complexity index is 181. The van der Waals surface area contributed by atoms with Gasteiger partial charge in [0.05, 0.1) is 6.54 Å². The summed E-state index contributed by atoms with van der Waals surface area (Å²) in [5.41, 5.74) is 0. The van der Waals surface area contributed by atoms with E-state index in [-0.39, 0.29) is 0 Å². The third-order valence-electron chi connectivity index (χ3n) is 2.90. The number of rotatable bonds is 5. The smallest absolute Gasteiger partial charge is 0.149 e. The van der Waals surface area contributed by atoms with Crippen LogP contribution in [-0.4, -0.2) is 18.9 Å². The van der Waals surface area contributed by atoms with E-state index in [1.54, 1.807) is 6.08 Å². The molecule has 0 heterocycles. The molecule has 2 heteroatoms. The Morgan fingerprint density at radius 1 is 1.29 bits per heavy atom. The maximum atomic E-state index is 11.7. The topological polar surface area (TPSA) is 29.1 Å². The number of carbonyl (C=O) groups is 1. The number of ketones is 1. The van der Waals surface area contributed by atoms with E-state index in [0.29, 0.717) is 18.2 Å². The highest BCUT2D eigenvalue weighted by molar-refractivity contribution is 5.82. The normalized spacial score (nSPS) is 18.9. The van der Waals surface area contributed by atoms with Gasteiger partial charge in [-0.15, -0.1) is 6.58 Å². The Morgan fingerprint density at radius 3 is 2.50 bits per heavy atom. The van der Waals surface area contributed by atoms with Crippen molar-refractivity contribution in [3.63, 3.8) is 0 Å². The molecule has 0 spiro atoms. The van der Waals surface area contributed by atoms with Crippen molar-refractivity contribution < 1.29 is 4.79 Å². The third-order valence-corrected chi connectivity index (χ3v) is 2.90. The van der Waals surface area contributed by atoms with Crippen molar-refractivity contribution >= 4 is 5.78 Å². The number of hydrogen-bond acceptors (Lipinski definition) is 2. The second-order valence-corrected chi connectivity index (χ2v) is 4.07. The largest absolute Gasteiger partial charge is 0.307 e. The fourth-order valence-electron chi connectivity index (χ4n) is 2.04. The highest BCUT2D eigenvalue weighted by Crippen LogP contribution is 2.23. The van der Waals surface area contributed by atoms with Gasteiger partial charge in [-0.1, -0.05) is 31.8 Å². The van der Waals surface area contributed by atoms with Crippen LogP contribution in [0.3, 0.4) is 0 Å². The zero-order valence-electron chi connectivity index (χ0n) is 8.93. The van der Waals surface area contributed by atoms with Crippen LogP contribution < -0.4 is 5.32 Å². The molecule has 0 aromatic carbocycles. The van der Waals surface area contributed by atoms with Crippen LogP contribution in [0.25, 0.3) is 0 Å². The van der Waals surface area contributed by atoms with Gasteiger partial charge in [-0.25, -0.2) is 0 Å². The molecule has 14 heavy (non-hydrogen) atoms. The molecule has 0 aromatic rings. The summed E-state index contributed by atoms with van der Waals surface area (Å²) in [4.78, 5) is 11.7. The molecule has 1 aliphatic rings. The standard InChI is InChI=1S/C12H21NO/c1-2-9-13-10-12(14)11-7-5-3-4-6-8-11/h2,11,13H,1,3-10H2. The summed E-state index contributed by atoms with van der Waals surface area (Å²) in [6.07, 6.45) is 9.09. The third kappa shape index (κ3) is 4.05. The van der Waals surface area contributed by atoms with Gasteiger partial charge in [0.2, 0.25) is 0 Å². The Kier molecular flexibility index (Phi) is 5.53. The fourth-order valence-corrected chi connectivity index (χ4v) is 2.04. The Labute approximate surface area is 86.8 Å². The highest BCUT2D eigenvalue weighted by Gasteiger charge is 2.18. The molecule has 1 aliphatic carbocycles. The van der Waals surface area contributed by atoms with E-state index in [2.05, 4.69) is 11.9 Å². The SMILES string of the molecule is C=CCNCC(=O)C1CCCCCC1. The molecule has 1 N–H and O–H groups in total. The maximum absolute atomic E-state index is 11.7. The van der Waals surface area contributed by atoms with Crippen molar-refractivity contribution in [2.24, 2.45) is 5.92 Å². The minimum absolute atomic E-state index is 0.329. The first-order valence-corrected chi connectivity index (χ1v) is 5.69. The zero-order chi connectivity index (χ0) is 10.2. The first-order chi connectivity index (χ1) is 6.84. The van der Waals surface area contributed by atoms with Crippen molar-refractivity contribution in [3.8, 4) is 0 Å². The Morgan fingerprint density at radius 2 is 1.93 bits per heavy atom. The molecule has 80 valence electrons. The lowest BCUT2D eigenvalue weighted by atomic mass is 9.95. The average molecular weight is 195 g/mol. The van der Waals surface area contributed by atoms with Gasteiger partial charge < -0.3 is 5.32 Å². The molecule has 0 aromatic heterocycles. The second kappa shape index (κ2) is 6.77. The average Bonchev–Trinajstić information content (AvgIpc) is 2.46. The molecule has 0 bridgehead atoms. The number of Topliss-reactive ketones (excluding diaryl/α,β-unsaturated/α-hetero) is 1. The Hall–Kier alpha value is -0.630. The van der Waals surface area contributed by atoms with E-state index in [0.717, 1.165) is 19.4 Å². The van der Waals surface area contributed by atoms with Crippen LogP contribution in [0, 0.1) is 5.92 Å². The van der Waals surface area contributed by atoms with Crippen LogP contribution in [0.2, 0.25) is 0 Å². The molecular formula is C12H21NO. The molecule has 0 atom stereocenters. The summed E-state index contributed by atoms with van der Waals surface area (Å²) < 4.78 is 0. The summed E-state index contributed by atoms with van der Waals surface area (Å²) in [6, 6.07) is 0. The van der Waals surface area contributed by atoms with Crippen LogP contribution >= 0.6 is 0 Å². The molecule has 0 unspecified atom stereocenters. The van der Waals surface area contributed by atoms with E-state index < -0.39 is 0 Å². The van der Waals surface area contributed by atoms with Gasteiger partial charge >= 0.3 is 0 Å². The monoisotopic (exact) mass is 195 g/mol. The van der Waals surface area contributed by atoms with Gasteiger partial charge in [-0.3, -0.25) is 4.79 Å². The maximum Gasteiger partial charge on any atom is 0.149 e. The number of hydrogen-bond donors (Lipinski definition) is 1. The molecule has 1 saturated carbocycles. The zero-order valence-corrected chi connectivity index (χ0v) is 8.93. The first kappa shape index (κ1) is 11.4. The van der Waals surface area contributed by atoms with Crippen LogP contribution in [0.5, 0.6) is 0 Å². The summed E-state index contributed by atoms with van der Waals surface area (Å²) in [7, 11) is 0. The number of carbonyl (C=O) groups excluding carboxylic acids is 1. The van der Waals surface area contributed by atoms with Gasteiger partial charge in [-0.05, 0) is 12.8 Å². The van der Waals surface area contributed by atoms with Crippen LogP contribution in [-0.2, 0) is 4.79 Å². The van der Waals surface area contributed by atoms with Crippen molar-refractivity contribution in [1.29, 1.82) is 0 Å². The first-order valence-electron chi connectivity index (χ1n) is 5.69. The van der Waals surface area contributed by atoms with Gasteiger partial charge in [-0.2, -0.15) is 0 Å². The lowest BCUT2D eigenvalue weighted by molar-refractivity contribution is -0.122. The summed E-state index contributed by atoms with van der Waals surface area (Å²) in [5.74, 6) is 0.726. The molecule has 0 radical (unpaired) electrons. The van der Waals surface area contributed by atoms with Gasteiger partial charge in [0.15, 0.2) is 0 Å². The lowest BCUT2D eigenvalue weighted by Gasteiger charge is -2.12. The van der Waals surface area contributed by atoms with E-state index in [9.17, 15) is 4.79 Å². The van der Waals surface area contributed by atoms with E-state index in [1.807, 2.05) is 0 Å². The number of nitrogens with one attached hydrogen (secondary N) is 1. The molecule has 1 fully saturated rings. The predicted octanol–water partition coefficient (Wildman–Crippen LogP) is 2.30.